The number of benzene rings is 1. The molecule has 3 heterocycles. The van der Waals surface area contributed by atoms with Gasteiger partial charge in [-0.1, -0.05) is 30.7 Å². The molecular formula is C22H24FN3O2. The number of aromatic nitrogens is 1. The number of nitrogens with zero attached hydrogens (tertiary/aromatic N) is 2. The lowest BCUT2D eigenvalue weighted by atomic mass is 9.97. The molecular weight excluding hydrogens is 357 g/mol. The third-order valence-corrected chi connectivity index (χ3v) is 5.77. The minimum atomic E-state index is -0.263. The van der Waals surface area contributed by atoms with Crippen LogP contribution >= 0.6 is 0 Å². The molecule has 3 atom stereocenters. The van der Waals surface area contributed by atoms with E-state index in [1.165, 1.54) is 6.07 Å². The van der Waals surface area contributed by atoms with Gasteiger partial charge < -0.3 is 10.2 Å². The van der Waals surface area contributed by atoms with Crippen molar-refractivity contribution in [3.63, 3.8) is 0 Å². The van der Waals surface area contributed by atoms with Crippen LogP contribution in [0.25, 0.3) is 0 Å². The van der Waals surface area contributed by atoms with Crippen LogP contribution < -0.4 is 5.32 Å². The molecule has 0 radical (unpaired) electrons. The molecule has 1 aromatic heterocycles. The lowest BCUT2D eigenvalue weighted by molar-refractivity contribution is -0.122. The van der Waals surface area contributed by atoms with Crippen LogP contribution in [0.5, 0.6) is 0 Å². The molecule has 2 aliphatic heterocycles. The van der Waals surface area contributed by atoms with E-state index in [-0.39, 0.29) is 35.8 Å². The molecule has 4 rings (SSSR count). The van der Waals surface area contributed by atoms with Crippen LogP contribution in [0.2, 0.25) is 0 Å². The molecule has 2 aromatic rings. The standard InChI is InChI=1S/C22H24FN3O2/c23-17-8-2-1-7-15(17)13-16-14-19-20(10-3-4-11-21(27)25-19)26(16)22(28)18-9-5-6-12-24-18/h1-2,5-9,12,16,19-20H,3-4,10-11,13-14H2,(H,25,27)/t16-,19+,20-/m1/s1. The second-order valence-corrected chi connectivity index (χ2v) is 7.60. The predicted octanol–water partition coefficient (Wildman–Crippen LogP) is 3.11. The van der Waals surface area contributed by atoms with Crippen LogP contribution in [0.1, 0.15) is 48.2 Å². The first kappa shape index (κ1) is 18.6. The number of hydrogen-bond acceptors (Lipinski definition) is 3. The van der Waals surface area contributed by atoms with Crippen LogP contribution in [-0.2, 0) is 11.2 Å². The van der Waals surface area contributed by atoms with Gasteiger partial charge in [0.25, 0.3) is 5.91 Å². The summed E-state index contributed by atoms with van der Waals surface area (Å²) in [5.74, 6) is -0.378. The van der Waals surface area contributed by atoms with Crippen molar-refractivity contribution >= 4 is 11.8 Å². The number of amides is 2. The second-order valence-electron chi connectivity index (χ2n) is 7.60. The zero-order valence-corrected chi connectivity index (χ0v) is 15.7. The molecule has 146 valence electrons. The van der Waals surface area contributed by atoms with E-state index in [4.69, 9.17) is 0 Å². The molecule has 0 spiro atoms. The van der Waals surface area contributed by atoms with E-state index < -0.39 is 0 Å². The van der Waals surface area contributed by atoms with E-state index in [0.717, 1.165) is 19.3 Å². The summed E-state index contributed by atoms with van der Waals surface area (Å²) in [6, 6.07) is 11.6. The average Bonchev–Trinajstić information content (AvgIpc) is 3.01. The Bertz CT molecular complexity index is 858. The Morgan fingerprint density at radius 2 is 2.00 bits per heavy atom. The molecule has 0 saturated carbocycles. The smallest absolute Gasteiger partial charge is 0.273 e. The van der Waals surface area contributed by atoms with Crippen LogP contribution in [0.4, 0.5) is 4.39 Å². The molecule has 0 unspecified atom stereocenters. The number of carbonyl (C=O) groups is 2. The van der Waals surface area contributed by atoms with E-state index in [2.05, 4.69) is 10.3 Å². The van der Waals surface area contributed by atoms with Crippen LogP contribution in [0.15, 0.2) is 48.7 Å². The van der Waals surface area contributed by atoms with E-state index in [1.807, 2.05) is 11.0 Å². The monoisotopic (exact) mass is 381 g/mol. The van der Waals surface area contributed by atoms with E-state index >= 15 is 0 Å². The van der Waals surface area contributed by atoms with E-state index in [9.17, 15) is 14.0 Å². The molecule has 0 bridgehead atoms. The molecule has 28 heavy (non-hydrogen) atoms. The van der Waals surface area contributed by atoms with Gasteiger partial charge in [-0.2, -0.15) is 0 Å². The van der Waals surface area contributed by atoms with Crippen molar-refractivity contribution in [2.24, 2.45) is 0 Å². The number of likely N-dealkylation sites (tertiary alicyclic amines) is 1. The maximum atomic E-state index is 14.3. The molecule has 2 aliphatic rings. The van der Waals surface area contributed by atoms with Crippen molar-refractivity contribution in [3.8, 4) is 0 Å². The number of halogens is 1. The van der Waals surface area contributed by atoms with Crippen molar-refractivity contribution in [2.75, 3.05) is 0 Å². The topological polar surface area (TPSA) is 62.3 Å². The first-order valence-electron chi connectivity index (χ1n) is 9.90. The molecule has 5 nitrogen and oxygen atoms in total. The highest BCUT2D eigenvalue weighted by Gasteiger charge is 2.45. The lowest BCUT2D eigenvalue weighted by Gasteiger charge is -2.33. The first-order chi connectivity index (χ1) is 13.6. The molecule has 2 fully saturated rings. The van der Waals surface area contributed by atoms with Gasteiger partial charge in [0.15, 0.2) is 0 Å². The fourth-order valence-electron chi connectivity index (χ4n) is 4.48. The van der Waals surface area contributed by atoms with E-state index in [0.29, 0.717) is 30.5 Å². The summed E-state index contributed by atoms with van der Waals surface area (Å²) in [6.45, 7) is 0. The SMILES string of the molecule is O=C1CCCC[C@@H]2[C@H](C[C@@H](Cc3ccccc3F)N2C(=O)c2ccccn2)N1. The summed E-state index contributed by atoms with van der Waals surface area (Å²) in [7, 11) is 0. The van der Waals surface area contributed by atoms with Gasteiger partial charge in [0.1, 0.15) is 11.5 Å². The molecule has 0 aliphatic carbocycles. The number of pyridine rings is 1. The van der Waals surface area contributed by atoms with Gasteiger partial charge >= 0.3 is 0 Å². The number of hydrogen-bond donors (Lipinski definition) is 1. The summed E-state index contributed by atoms with van der Waals surface area (Å²) in [5.41, 5.74) is 0.974. The third kappa shape index (κ3) is 3.77. The van der Waals surface area contributed by atoms with E-state index in [1.54, 1.807) is 36.5 Å². The van der Waals surface area contributed by atoms with Gasteiger partial charge in [-0.05, 0) is 49.4 Å². The zero-order valence-electron chi connectivity index (χ0n) is 15.7. The lowest BCUT2D eigenvalue weighted by Crippen LogP contribution is -2.49. The van der Waals surface area contributed by atoms with Crippen molar-refractivity contribution in [1.82, 2.24) is 15.2 Å². The minimum Gasteiger partial charge on any atom is -0.351 e. The van der Waals surface area contributed by atoms with Gasteiger partial charge in [-0.3, -0.25) is 14.6 Å². The number of rotatable bonds is 3. The molecule has 2 saturated heterocycles. The Labute approximate surface area is 164 Å². The molecule has 1 aromatic carbocycles. The van der Waals surface area contributed by atoms with Gasteiger partial charge in [-0.25, -0.2) is 4.39 Å². The molecule has 1 N–H and O–H groups in total. The zero-order chi connectivity index (χ0) is 19.5. The van der Waals surface area contributed by atoms with Gasteiger partial charge in [-0.15, -0.1) is 0 Å². The van der Waals surface area contributed by atoms with Crippen molar-refractivity contribution < 1.29 is 14.0 Å². The third-order valence-electron chi connectivity index (χ3n) is 5.77. The highest BCUT2D eigenvalue weighted by atomic mass is 19.1. The molecule has 2 amide bonds. The highest BCUT2D eigenvalue weighted by Crippen LogP contribution is 2.33. The quantitative estimate of drug-likeness (QED) is 0.889. The fraction of sp³-hybridized carbons (Fsp3) is 0.409. The van der Waals surface area contributed by atoms with Crippen molar-refractivity contribution in [2.45, 2.75) is 56.7 Å². The maximum Gasteiger partial charge on any atom is 0.273 e. The summed E-state index contributed by atoms with van der Waals surface area (Å²) in [6.07, 6.45) is 5.72. The Morgan fingerprint density at radius 3 is 2.79 bits per heavy atom. The second kappa shape index (κ2) is 8.09. The summed E-state index contributed by atoms with van der Waals surface area (Å²) >= 11 is 0. The largest absolute Gasteiger partial charge is 0.351 e. The number of nitrogens with one attached hydrogen (secondary N) is 1. The Hall–Kier alpha value is -2.76. The number of carbonyl (C=O) groups excluding carboxylic acids is 2. The Kier molecular flexibility index (Phi) is 5.37. The normalized spacial score (nSPS) is 24.8. The van der Waals surface area contributed by atoms with Gasteiger partial charge in [0.05, 0.1) is 12.1 Å². The van der Waals surface area contributed by atoms with Crippen LogP contribution in [0.3, 0.4) is 0 Å². The van der Waals surface area contributed by atoms with Crippen LogP contribution in [0, 0.1) is 5.82 Å². The highest BCUT2D eigenvalue weighted by molar-refractivity contribution is 5.93. The fourth-order valence-corrected chi connectivity index (χ4v) is 4.48. The maximum absolute atomic E-state index is 14.3. The van der Waals surface area contributed by atoms with Gasteiger partial charge in [0, 0.05) is 18.7 Å². The number of fused-ring (bicyclic) bond motifs is 1. The summed E-state index contributed by atoms with van der Waals surface area (Å²) in [5, 5.41) is 3.10. The van der Waals surface area contributed by atoms with Crippen molar-refractivity contribution in [1.29, 1.82) is 0 Å². The van der Waals surface area contributed by atoms with Crippen LogP contribution in [-0.4, -0.2) is 39.8 Å². The Balaban J connectivity index is 1.66. The first-order valence-corrected chi connectivity index (χ1v) is 9.90. The van der Waals surface area contributed by atoms with Crippen molar-refractivity contribution in [3.05, 3.63) is 65.7 Å². The summed E-state index contributed by atoms with van der Waals surface area (Å²) < 4.78 is 14.3. The van der Waals surface area contributed by atoms with Gasteiger partial charge in [0.2, 0.25) is 5.91 Å². The Morgan fingerprint density at radius 1 is 1.18 bits per heavy atom. The average molecular weight is 381 g/mol. The predicted molar refractivity (Wildman–Crippen MR) is 103 cm³/mol. The minimum absolute atomic E-state index is 0.0338. The molecule has 6 heteroatoms. The summed E-state index contributed by atoms with van der Waals surface area (Å²) in [4.78, 5) is 31.6.